The molecule has 0 spiro atoms. The van der Waals surface area contributed by atoms with Crippen LogP contribution in [0.15, 0.2) is 42.5 Å². The molecule has 0 aliphatic rings. The van der Waals surface area contributed by atoms with Crippen LogP contribution in [-0.2, 0) is 6.61 Å². The molecule has 6 nitrogen and oxygen atoms in total. The quantitative estimate of drug-likeness (QED) is 0.455. The zero-order chi connectivity index (χ0) is 22.5. The summed E-state index contributed by atoms with van der Waals surface area (Å²) in [6.07, 6.45) is 0. The van der Waals surface area contributed by atoms with E-state index in [1.54, 1.807) is 49.4 Å². The normalized spacial score (nSPS) is 10.8. The second-order valence-corrected chi connectivity index (χ2v) is 8.97. The second kappa shape index (κ2) is 10.1. The minimum absolute atomic E-state index is 0.00502. The molecule has 0 fully saturated rings. The van der Waals surface area contributed by atoms with Gasteiger partial charge in [-0.2, -0.15) is 0 Å². The van der Waals surface area contributed by atoms with Gasteiger partial charge in [0.25, 0.3) is 11.8 Å². The number of carbonyl (C=O) groups excluding carboxylic acids is 2. The van der Waals surface area contributed by atoms with E-state index in [4.69, 9.17) is 27.9 Å². The van der Waals surface area contributed by atoms with E-state index in [-0.39, 0.29) is 24.5 Å². The van der Waals surface area contributed by atoms with Gasteiger partial charge in [-0.15, -0.1) is 11.3 Å². The van der Waals surface area contributed by atoms with Crippen LogP contribution in [0.5, 0.6) is 5.75 Å². The summed E-state index contributed by atoms with van der Waals surface area (Å²) in [5, 5.41) is 7.21. The summed E-state index contributed by atoms with van der Waals surface area (Å²) < 4.78 is 5.70. The summed E-state index contributed by atoms with van der Waals surface area (Å²) in [5.41, 5.74) is 1.35. The number of aromatic nitrogens is 1. The van der Waals surface area contributed by atoms with E-state index in [1.807, 2.05) is 13.8 Å². The van der Waals surface area contributed by atoms with Crippen molar-refractivity contribution in [2.75, 3.05) is 5.32 Å². The molecule has 0 unspecified atom stereocenters. The second-order valence-electron chi connectivity index (χ2n) is 7.04. The van der Waals surface area contributed by atoms with Gasteiger partial charge in [0.2, 0.25) is 0 Å². The van der Waals surface area contributed by atoms with Crippen LogP contribution in [0.4, 0.5) is 5.69 Å². The maximum atomic E-state index is 12.8. The van der Waals surface area contributed by atoms with Gasteiger partial charge in [-0.05, 0) is 63.2 Å². The number of nitrogens with zero attached hydrogens (tertiary/aromatic N) is 1. The van der Waals surface area contributed by atoms with Crippen LogP contribution in [0.1, 0.15) is 44.6 Å². The minimum atomic E-state index is -0.351. The number of hydrogen-bond acceptors (Lipinski definition) is 5. The molecule has 162 valence electrons. The van der Waals surface area contributed by atoms with Crippen molar-refractivity contribution in [3.05, 3.63) is 73.7 Å². The number of halogens is 2. The van der Waals surface area contributed by atoms with Gasteiger partial charge in [0.1, 0.15) is 22.2 Å². The molecule has 0 saturated heterocycles. The van der Waals surface area contributed by atoms with Crippen LogP contribution >= 0.6 is 34.5 Å². The van der Waals surface area contributed by atoms with Gasteiger partial charge in [-0.25, -0.2) is 4.98 Å². The first-order valence-corrected chi connectivity index (χ1v) is 11.1. The number of amides is 2. The van der Waals surface area contributed by atoms with Crippen molar-refractivity contribution < 1.29 is 14.3 Å². The molecule has 0 saturated carbocycles. The Morgan fingerprint density at radius 1 is 1.10 bits per heavy atom. The SMILES string of the molecule is Cc1nc(COc2ccc(Cl)cc2)sc1C(=O)Nc1cc(C(=O)NC(C)C)ccc1Cl. The number of ether oxygens (including phenoxy) is 1. The Labute approximate surface area is 194 Å². The Balaban J connectivity index is 1.70. The molecule has 0 aliphatic heterocycles. The van der Waals surface area contributed by atoms with Gasteiger partial charge in [-0.3, -0.25) is 9.59 Å². The average molecular weight is 478 g/mol. The number of hydrogen-bond donors (Lipinski definition) is 2. The van der Waals surface area contributed by atoms with Crippen LogP contribution in [-0.4, -0.2) is 22.8 Å². The molecule has 31 heavy (non-hydrogen) atoms. The van der Waals surface area contributed by atoms with Gasteiger partial charge in [0, 0.05) is 16.6 Å². The molecule has 3 aromatic rings. The fraction of sp³-hybridized carbons (Fsp3) is 0.227. The highest BCUT2D eigenvalue weighted by Crippen LogP contribution is 2.26. The van der Waals surface area contributed by atoms with E-state index in [9.17, 15) is 9.59 Å². The number of rotatable bonds is 7. The predicted octanol–water partition coefficient (Wildman–Crippen LogP) is 5.73. The lowest BCUT2D eigenvalue weighted by Crippen LogP contribution is -2.30. The number of thiazole rings is 1. The van der Waals surface area contributed by atoms with E-state index in [1.165, 1.54) is 11.3 Å². The number of anilines is 1. The Bertz CT molecular complexity index is 1100. The van der Waals surface area contributed by atoms with Gasteiger partial charge in [0.15, 0.2) is 0 Å². The Morgan fingerprint density at radius 3 is 2.48 bits per heavy atom. The number of carbonyl (C=O) groups is 2. The van der Waals surface area contributed by atoms with Gasteiger partial charge < -0.3 is 15.4 Å². The third kappa shape index (κ3) is 6.19. The summed E-state index contributed by atoms with van der Waals surface area (Å²) >= 11 is 13.3. The molecule has 2 N–H and O–H groups in total. The standard InChI is InChI=1S/C22H21Cl2N3O3S/c1-12(2)25-21(28)14-4-9-17(24)18(10-14)27-22(29)20-13(3)26-19(31-20)11-30-16-7-5-15(23)6-8-16/h4-10,12H,11H2,1-3H3,(H,25,28)(H,27,29). The molecule has 0 radical (unpaired) electrons. The van der Waals surface area contributed by atoms with Crippen molar-refractivity contribution in [1.29, 1.82) is 0 Å². The molecule has 0 atom stereocenters. The van der Waals surface area contributed by atoms with Crippen molar-refractivity contribution in [2.45, 2.75) is 33.4 Å². The van der Waals surface area contributed by atoms with Crippen LogP contribution in [0.3, 0.4) is 0 Å². The Kier molecular flexibility index (Phi) is 7.54. The van der Waals surface area contributed by atoms with E-state index in [2.05, 4.69) is 15.6 Å². The van der Waals surface area contributed by atoms with Crippen molar-refractivity contribution in [1.82, 2.24) is 10.3 Å². The number of nitrogens with one attached hydrogen (secondary N) is 2. The van der Waals surface area contributed by atoms with Crippen LogP contribution < -0.4 is 15.4 Å². The monoisotopic (exact) mass is 477 g/mol. The maximum Gasteiger partial charge on any atom is 0.267 e. The van der Waals surface area contributed by atoms with Gasteiger partial charge in [-0.1, -0.05) is 23.2 Å². The minimum Gasteiger partial charge on any atom is -0.486 e. The lowest BCUT2D eigenvalue weighted by molar-refractivity contribution is 0.0942. The first-order chi connectivity index (χ1) is 14.7. The highest BCUT2D eigenvalue weighted by Gasteiger charge is 2.18. The van der Waals surface area contributed by atoms with E-state index in [0.29, 0.717) is 42.6 Å². The summed E-state index contributed by atoms with van der Waals surface area (Å²) in [6.45, 7) is 5.73. The molecule has 2 aromatic carbocycles. The zero-order valence-corrected chi connectivity index (χ0v) is 19.5. The Morgan fingerprint density at radius 2 is 1.81 bits per heavy atom. The van der Waals surface area contributed by atoms with Crippen LogP contribution in [0, 0.1) is 6.92 Å². The molecule has 3 rings (SSSR count). The van der Waals surface area contributed by atoms with Crippen molar-refractivity contribution >= 4 is 52.0 Å². The summed E-state index contributed by atoms with van der Waals surface area (Å²) in [7, 11) is 0. The fourth-order valence-electron chi connectivity index (χ4n) is 2.69. The highest BCUT2D eigenvalue weighted by atomic mass is 35.5. The fourth-order valence-corrected chi connectivity index (χ4v) is 3.85. The van der Waals surface area contributed by atoms with E-state index in [0.717, 1.165) is 0 Å². The van der Waals surface area contributed by atoms with Crippen LogP contribution in [0.25, 0.3) is 0 Å². The van der Waals surface area contributed by atoms with Crippen molar-refractivity contribution in [2.24, 2.45) is 0 Å². The largest absolute Gasteiger partial charge is 0.486 e. The predicted molar refractivity (Wildman–Crippen MR) is 125 cm³/mol. The topological polar surface area (TPSA) is 80.3 Å². The zero-order valence-electron chi connectivity index (χ0n) is 17.2. The highest BCUT2D eigenvalue weighted by molar-refractivity contribution is 7.13. The molecule has 1 heterocycles. The van der Waals surface area contributed by atoms with E-state index < -0.39 is 0 Å². The van der Waals surface area contributed by atoms with Crippen molar-refractivity contribution in [3.63, 3.8) is 0 Å². The molecule has 9 heteroatoms. The van der Waals surface area contributed by atoms with Crippen LogP contribution in [0.2, 0.25) is 10.0 Å². The lowest BCUT2D eigenvalue weighted by atomic mass is 10.1. The molecule has 1 aromatic heterocycles. The summed E-state index contributed by atoms with van der Waals surface area (Å²) in [4.78, 5) is 29.9. The van der Waals surface area contributed by atoms with E-state index >= 15 is 0 Å². The van der Waals surface area contributed by atoms with Gasteiger partial charge in [0.05, 0.1) is 16.4 Å². The molecular weight excluding hydrogens is 457 g/mol. The summed E-state index contributed by atoms with van der Waals surface area (Å²) in [5.74, 6) is 0.0698. The molecule has 0 bridgehead atoms. The van der Waals surface area contributed by atoms with Gasteiger partial charge >= 0.3 is 0 Å². The molecule has 2 amide bonds. The first-order valence-electron chi connectivity index (χ1n) is 9.49. The van der Waals surface area contributed by atoms with Crippen molar-refractivity contribution in [3.8, 4) is 5.75 Å². The third-order valence-corrected chi connectivity index (χ3v) is 5.83. The average Bonchev–Trinajstić information content (AvgIpc) is 3.09. The lowest BCUT2D eigenvalue weighted by Gasteiger charge is -2.11. The summed E-state index contributed by atoms with van der Waals surface area (Å²) in [6, 6.07) is 11.7. The maximum absolute atomic E-state index is 12.8. The number of aryl methyl sites for hydroxylation is 1. The smallest absolute Gasteiger partial charge is 0.267 e. The number of benzene rings is 2. The third-order valence-electron chi connectivity index (χ3n) is 4.12. The first kappa shape index (κ1) is 23.1. The molecular formula is C22H21Cl2N3O3S. The Hall–Kier alpha value is -2.61. The molecule has 0 aliphatic carbocycles.